The SMILES string of the molecule is C[C@H](O)CN1CCN(C[C@H](O)CO[C@@H]2CCCc3ccccc32)CC1. The predicted octanol–water partition coefficient (Wildman–Crippen LogP) is 1.44. The smallest absolute Gasteiger partial charge is 0.0900 e. The molecular formula is C20H32N2O3. The van der Waals surface area contributed by atoms with E-state index in [0.717, 1.165) is 52.0 Å². The molecule has 0 saturated carbocycles. The van der Waals surface area contributed by atoms with E-state index in [1.165, 1.54) is 11.1 Å². The lowest BCUT2D eigenvalue weighted by Crippen LogP contribution is -2.50. The van der Waals surface area contributed by atoms with Crippen LogP contribution in [0.4, 0.5) is 0 Å². The van der Waals surface area contributed by atoms with Crippen LogP contribution in [0.2, 0.25) is 0 Å². The molecule has 3 atom stereocenters. The van der Waals surface area contributed by atoms with Crippen molar-refractivity contribution in [2.45, 2.75) is 44.5 Å². The number of fused-ring (bicyclic) bond motifs is 1. The van der Waals surface area contributed by atoms with Crippen LogP contribution in [0.3, 0.4) is 0 Å². The van der Waals surface area contributed by atoms with Gasteiger partial charge in [0.2, 0.25) is 0 Å². The number of hydrogen-bond donors (Lipinski definition) is 2. The Balaban J connectivity index is 1.40. The highest BCUT2D eigenvalue weighted by Gasteiger charge is 2.23. The van der Waals surface area contributed by atoms with Gasteiger partial charge in [-0.05, 0) is 37.3 Å². The van der Waals surface area contributed by atoms with Crippen LogP contribution >= 0.6 is 0 Å². The summed E-state index contributed by atoms with van der Waals surface area (Å²) in [5.74, 6) is 0. The van der Waals surface area contributed by atoms with Gasteiger partial charge in [-0.3, -0.25) is 9.80 Å². The van der Waals surface area contributed by atoms with Crippen molar-refractivity contribution >= 4 is 0 Å². The number of β-amino-alcohol motifs (C(OH)–C–C–N with tert-alkyl or cyclic N) is 2. The van der Waals surface area contributed by atoms with E-state index < -0.39 is 6.10 Å². The molecule has 0 radical (unpaired) electrons. The molecule has 2 aliphatic rings. The summed E-state index contributed by atoms with van der Waals surface area (Å²) in [7, 11) is 0. The van der Waals surface area contributed by atoms with Crippen LogP contribution in [0.15, 0.2) is 24.3 Å². The molecule has 3 rings (SSSR count). The van der Waals surface area contributed by atoms with E-state index in [0.29, 0.717) is 13.2 Å². The molecule has 25 heavy (non-hydrogen) atoms. The van der Waals surface area contributed by atoms with E-state index >= 15 is 0 Å². The van der Waals surface area contributed by atoms with Gasteiger partial charge in [-0.25, -0.2) is 0 Å². The molecule has 5 nitrogen and oxygen atoms in total. The largest absolute Gasteiger partial charge is 0.392 e. The van der Waals surface area contributed by atoms with Gasteiger partial charge >= 0.3 is 0 Å². The standard InChI is InChI=1S/C20H32N2O3/c1-16(23)13-21-9-11-22(12-10-21)14-18(24)15-25-20-8-4-6-17-5-2-3-7-19(17)20/h2-3,5,7,16,18,20,23-24H,4,6,8-15H2,1H3/t16-,18-,20+/m0/s1. The molecule has 5 heteroatoms. The summed E-state index contributed by atoms with van der Waals surface area (Å²) in [6.45, 7) is 7.41. The number of hydrogen-bond acceptors (Lipinski definition) is 5. The fraction of sp³-hybridized carbons (Fsp3) is 0.700. The Kier molecular flexibility index (Phi) is 6.84. The molecule has 1 fully saturated rings. The van der Waals surface area contributed by atoms with Gasteiger partial charge in [-0.1, -0.05) is 24.3 Å². The maximum atomic E-state index is 10.4. The van der Waals surface area contributed by atoms with E-state index in [1.54, 1.807) is 0 Å². The van der Waals surface area contributed by atoms with Gasteiger partial charge in [-0.15, -0.1) is 0 Å². The average Bonchev–Trinajstić information content (AvgIpc) is 2.61. The third-order valence-corrected chi connectivity index (χ3v) is 5.26. The lowest BCUT2D eigenvalue weighted by Gasteiger charge is -2.36. The van der Waals surface area contributed by atoms with Gasteiger partial charge in [0.1, 0.15) is 0 Å². The molecule has 1 aromatic carbocycles. The zero-order valence-corrected chi connectivity index (χ0v) is 15.3. The highest BCUT2D eigenvalue weighted by atomic mass is 16.5. The second-order valence-corrected chi connectivity index (χ2v) is 7.52. The van der Waals surface area contributed by atoms with Crippen molar-refractivity contribution in [1.82, 2.24) is 9.80 Å². The Morgan fingerprint density at radius 1 is 1.08 bits per heavy atom. The zero-order valence-electron chi connectivity index (χ0n) is 15.3. The van der Waals surface area contributed by atoms with Crippen molar-refractivity contribution in [3.63, 3.8) is 0 Å². The van der Waals surface area contributed by atoms with E-state index in [2.05, 4.69) is 34.1 Å². The molecule has 2 N–H and O–H groups in total. The first kappa shape index (κ1) is 18.8. The van der Waals surface area contributed by atoms with E-state index in [9.17, 15) is 10.2 Å². The summed E-state index contributed by atoms with van der Waals surface area (Å²) in [4.78, 5) is 4.57. The number of nitrogens with zero attached hydrogens (tertiary/aromatic N) is 2. The molecule has 1 aliphatic carbocycles. The number of rotatable bonds is 7. The first-order chi connectivity index (χ1) is 12.1. The highest BCUT2D eigenvalue weighted by molar-refractivity contribution is 5.31. The van der Waals surface area contributed by atoms with E-state index in [1.807, 2.05) is 6.92 Å². The molecule has 140 valence electrons. The van der Waals surface area contributed by atoms with Crippen molar-refractivity contribution in [3.05, 3.63) is 35.4 Å². The summed E-state index contributed by atoms with van der Waals surface area (Å²) in [5.41, 5.74) is 2.69. The molecule has 0 spiro atoms. The van der Waals surface area contributed by atoms with Gasteiger partial charge in [0.15, 0.2) is 0 Å². The number of benzene rings is 1. The number of aliphatic hydroxyl groups excluding tert-OH is 2. The third-order valence-electron chi connectivity index (χ3n) is 5.26. The Hall–Kier alpha value is -0.980. The molecule has 1 aliphatic heterocycles. The molecule has 0 bridgehead atoms. The van der Waals surface area contributed by atoms with Crippen LogP contribution < -0.4 is 0 Å². The molecule has 1 saturated heterocycles. The van der Waals surface area contributed by atoms with Crippen LogP contribution in [0.25, 0.3) is 0 Å². The van der Waals surface area contributed by atoms with E-state index in [4.69, 9.17) is 4.74 Å². The predicted molar refractivity (Wildman–Crippen MR) is 98.6 cm³/mol. The average molecular weight is 348 g/mol. The highest BCUT2D eigenvalue weighted by Crippen LogP contribution is 2.32. The van der Waals surface area contributed by atoms with Crippen molar-refractivity contribution in [1.29, 1.82) is 0 Å². The molecule has 1 heterocycles. The maximum absolute atomic E-state index is 10.4. The third kappa shape index (κ3) is 5.50. The van der Waals surface area contributed by atoms with Gasteiger partial charge in [0, 0.05) is 39.3 Å². The van der Waals surface area contributed by atoms with Gasteiger partial charge in [0.05, 0.1) is 24.9 Å². The fourth-order valence-corrected chi connectivity index (χ4v) is 3.99. The normalized spacial score (nSPS) is 24.7. The second-order valence-electron chi connectivity index (χ2n) is 7.52. The summed E-state index contributed by atoms with van der Waals surface area (Å²) in [6.07, 6.45) is 2.74. The zero-order chi connectivity index (χ0) is 17.6. The van der Waals surface area contributed by atoms with Crippen molar-refractivity contribution in [2.75, 3.05) is 45.9 Å². The maximum Gasteiger partial charge on any atom is 0.0900 e. The number of ether oxygens (including phenoxy) is 1. The Morgan fingerprint density at radius 3 is 2.48 bits per heavy atom. The van der Waals surface area contributed by atoms with Crippen LogP contribution in [-0.2, 0) is 11.2 Å². The minimum Gasteiger partial charge on any atom is -0.392 e. The Bertz CT molecular complexity index is 529. The lowest BCUT2D eigenvalue weighted by molar-refractivity contribution is -0.0332. The first-order valence-electron chi connectivity index (χ1n) is 9.62. The Labute approximate surface area is 151 Å². The molecule has 0 amide bonds. The topological polar surface area (TPSA) is 56.2 Å². The van der Waals surface area contributed by atoms with Gasteiger partial charge in [0.25, 0.3) is 0 Å². The van der Waals surface area contributed by atoms with E-state index in [-0.39, 0.29) is 12.2 Å². The summed E-state index contributed by atoms with van der Waals surface area (Å²) < 4.78 is 6.07. The van der Waals surface area contributed by atoms with Crippen LogP contribution in [0.5, 0.6) is 0 Å². The molecule has 1 aromatic rings. The molecule has 0 aromatic heterocycles. The lowest BCUT2D eigenvalue weighted by atomic mass is 9.89. The fourth-order valence-electron chi connectivity index (χ4n) is 3.99. The summed E-state index contributed by atoms with van der Waals surface area (Å²) in [6, 6.07) is 8.51. The number of aryl methyl sites for hydroxylation is 1. The van der Waals surface area contributed by atoms with Crippen LogP contribution in [0, 0.1) is 0 Å². The quantitative estimate of drug-likeness (QED) is 0.781. The molecular weight excluding hydrogens is 316 g/mol. The van der Waals surface area contributed by atoms with Gasteiger partial charge in [-0.2, -0.15) is 0 Å². The number of aliphatic hydroxyl groups is 2. The van der Waals surface area contributed by atoms with Crippen LogP contribution in [-0.4, -0.2) is 78.1 Å². The van der Waals surface area contributed by atoms with Crippen molar-refractivity contribution in [2.24, 2.45) is 0 Å². The second kappa shape index (κ2) is 9.10. The first-order valence-corrected chi connectivity index (χ1v) is 9.62. The minimum atomic E-state index is -0.447. The number of piperazine rings is 1. The summed E-state index contributed by atoms with van der Waals surface area (Å²) in [5, 5.41) is 19.8. The Morgan fingerprint density at radius 2 is 1.76 bits per heavy atom. The summed E-state index contributed by atoms with van der Waals surface area (Å²) >= 11 is 0. The van der Waals surface area contributed by atoms with Crippen molar-refractivity contribution in [3.8, 4) is 0 Å². The minimum absolute atomic E-state index is 0.127. The molecule has 0 unspecified atom stereocenters. The van der Waals surface area contributed by atoms with Gasteiger partial charge < -0.3 is 14.9 Å². The monoisotopic (exact) mass is 348 g/mol. The van der Waals surface area contributed by atoms with Crippen LogP contribution in [0.1, 0.15) is 37.0 Å². The van der Waals surface area contributed by atoms with Crippen molar-refractivity contribution < 1.29 is 14.9 Å².